The Hall–Kier alpha value is -1.91. The second-order valence-electron chi connectivity index (χ2n) is 8.03. The Labute approximate surface area is 171 Å². The quantitative estimate of drug-likeness (QED) is 0.772. The molecular formula is C23H27ClN2O2. The van der Waals surface area contributed by atoms with Gasteiger partial charge in [0.15, 0.2) is 0 Å². The summed E-state index contributed by atoms with van der Waals surface area (Å²) >= 11 is 6.10. The lowest BCUT2D eigenvalue weighted by atomic mass is 9.72. The van der Waals surface area contributed by atoms with Crippen molar-refractivity contribution in [3.05, 3.63) is 64.9 Å². The van der Waals surface area contributed by atoms with Crippen molar-refractivity contribution in [3.8, 4) is 0 Å². The van der Waals surface area contributed by atoms with E-state index in [-0.39, 0.29) is 5.91 Å². The van der Waals surface area contributed by atoms with E-state index in [9.17, 15) is 4.79 Å². The van der Waals surface area contributed by atoms with E-state index in [4.69, 9.17) is 16.3 Å². The number of rotatable bonds is 4. The highest BCUT2D eigenvalue weighted by molar-refractivity contribution is 6.30. The molecule has 2 aliphatic heterocycles. The second-order valence-corrected chi connectivity index (χ2v) is 8.46. The molecule has 2 aromatic rings. The van der Waals surface area contributed by atoms with Gasteiger partial charge in [0.1, 0.15) is 0 Å². The highest BCUT2D eigenvalue weighted by Gasteiger charge is 2.44. The first-order valence-electron chi connectivity index (χ1n) is 10.2. The summed E-state index contributed by atoms with van der Waals surface area (Å²) in [6.07, 6.45) is 8.42. The number of pyridine rings is 1. The normalized spacial score (nSPS) is 22.0. The number of piperidine rings is 1. The Morgan fingerprint density at radius 1 is 1.21 bits per heavy atom. The summed E-state index contributed by atoms with van der Waals surface area (Å²) in [6.45, 7) is 2.92. The molecule has 0 spiro atoms. The van der Waals surface area contributed by atoms with Crippen LogP contribution in [0, 0.1) is 5.92 Å². The van der Waals surface area contributed by atoms with E-state index >= 15 is 0 Å². The van der Waals surface area contributed by atoms with E-state index in [2.05, 4.69) is 16.0 Å². The molecule has 0 unspecified atom stereocenters. The zero-order chi connectivity index (χ0) is 19.4. The molecule has 1 aromatic heterocycles. The van der Waals surface area contributed by atoms with E-state index in [0.29, 0.717) is 24.2 Å². The van der Waals surface area contributed by atoms with Gasteiger partial charge in [0.25, 0.3) is 0 Å². The largest absolute Gasteiger partial charge is 0.381 e. The van der Waals surface area contributed by atoms with Crippen LogP contribution in [0.3, 0.4) is 0 Å². The molecule has 2 aliphatic rings. The topological polar surface area (TPSA) is 42.4 Å². The summed E-state index contributed by atoms with van der Waals surface area (Å²) in [6, 6.07) is 11.9. The lowest BCUT2D eigenvalue weighted by Crippen LogP contribution is -2.52. The number of hydrogen-bond donors (Lipinski definition) is 0. The average Bonchev–Trinajstić information content (AvgIpc) is 2.75. The van der Waals surface area contributed by atoms with Crippen LogP contribution < -0.4 is 0 Å². The molecule has 1 aromatic carbocycles. The number of aromatic nitrogens is 1. The van der Waals surface area contributed by atoms with Crippen LogP contribution in [-0.2, 0) is 21.4 Å². The summed E-state index contributed by atoms with van der Waals surface area (Å²) in [7, 11) is 0. The molecule has 5 heteroatoms. The van der Waals surface area contributed by atoms with Crippen LogP contribution in [0.5, 0.6) is 0 Å². The number of nitrogens with zero attached hydrogens (tertiary/aromatic N) is 2. The smallest absolute Gasteiger partial charge is 0.233 e. The zero-order valence-corrected chi connectivity index (χ0v) is 16.9. The van der Waals surface area contributed by atoms with Crippen LogP contribution in [-0.4, -0.2) is 42.1 Å². The number of ether oxygens (including phenoxy) is 1. The predicted octanol–water partition coefficient (Wildman–Crippen LogP) is 4.26. The first-order chi connectivity index (χ1) is 13.7. The zero-order valence-electron chi connectivity index (χ0n) is 16.1. The van der Waals surface area contributed by atoms with Gasteiger partial charge in [-0.2, -0.15) is 0 Å². The van der Waals surface area contributed by atoms with Crippen LogP contribution in [0.2, 0.25) is 5.02 Å². The maximum Gasteiger partial charge on any atom is 0.233 e. The molecule has 2 saturated heterocycles. The fourth-order valence-electron chi connectivity index (χ4n) is 4.69. The van der Waals surface area contributed by atoms with Crippen LogP contribution in [0.25, 0.3) is 0 Å². The lowest BCUT2D eigenvalue weighted by molar-refractivity contribution is -0.143. The maximum atomic E-state index is 13.8. The molecule has 0 N–H and O–H groups in total. The standard InChI is InChI=1S/C23H27ClN2O2/c24-21-7-5-20(6-8-21)23(9-13-28-14-10-23)22(27)26-12-2-4-19(17-26)15-18-3-1-11-25-16-18/h1,3,5-8,11,16,19H,2,4,9-10,12-15,17H2/t19-/m0/s1. The van der Waals surface area contributed by atoms with Crippen molar-refractivity contribution < 1.29 is 9.53 Å². The number of likely N-dealkylation sites (tertiary alicyclic amines) is 1. The van der Waals surface area contributed by atoms with Crippen molar-refractivity contribution in [2.24, 2.45) is 5.92 Å². The van der Waals surface area contributed by atoms with E-state index in [1.54, 1.807) is 6.20 Å². The van der Waals surface area contributed by atoms with Crippen LogP contribution in [0.4, 0.5) is 0 Å². The molecule has 0 radical (unpaired) electrons. The molecule has 4 rings (SSSR count). The Morgan fingerprint density at radius 2 is 2.00 bits per heavy atom. The van der Waals surface area contributed by atoms with Crippen LogP contribution in [0.1, 0.15) is 36.8 Å². The maximum absolute atomic E-state index is 13.8. The van der Waals surface area contributed by atoms with Crippen molar-refractivity contribution in [2.75, 3.05) is 26.3 Å². The van der Waals surface area contributed by atoms with Gasteiger partial charge in [0.05, 0.1) is 5.41 Å². The van der Waals surface area contributed by atoms with Gasteiger partial charge in [-0.25, -0.2) is 0 Å². The monoisotopic (exact) mass is 398 g/mol. The molecule has 0 bridgehead atoms. The van der Waals surface area contributed by atoms with Gasteiger partial charge < -0.3 is 9.64 Å². The minimum atomic E-state index is -0.487. The number of benzene rings is 1. The SMILES string of the molecule is O=C(N1CCC[C@@H](Cc2cccnc2)C1)C1(c2ccc(Cl)cc2)CCOCC1. The van der Waals surface area contributed by atoms with Gasteiger partial charge in [-0.05, 0) is 67.3 Å². The number of carbonyl (C=O) groups excluding carboxylic acids is 1. The third-order valence-corrected chi connectivity index (χ3v) is 6.46. The van der Waals surface area contributed by atoms with E-state index < -0.39 is 5.41 Å². The van der Waals surface area contributed by atoms with E-state index in [0.717, 1.165) is 50.8 Å². The van der Waals surface area contributed by atoms with Gasteiger partial charge in [0.2, 0.25) is 5.91 Å². The predicted molar refractivity (Wildman–Crippen MR) is 110 cm³/mol. The van der Waals surface area contributed by atoms with Crippen molar-refractivity contribution in [2.45, 2.75) is 37.5 Å². The Bertz CT molecular complexity index is 788. The molecule has 28 heavy (non-hydrogen) atoms. The first-order valence-corrected chi connectivity index (χ1v) is 10.6. The summed E-state index contributed by atoms with van der Waals surface area (Å²) in [5.74, 6) is 0.748. The fourth-order valence-corrected chi connectivity index (χ4v) is 4.81. The van der Waals surface area contributed by atoms with Gasteiger partial charge >= 0.3 is 0 Å². The molecular weight excluding hydrogens is 372 g/mol. The Morgan fingerprint density at radius 3 is 2.71 bits per heavy atom. The summed E-state index contributed by atoms with van der Waals surface area (Å²) in [4.78, 5) is 20.1. The number of hydrogen-bond acceptors (Lipinski definition) is 3. The number of halogens is 1. The second kappa shape index (κ2) is 8.62. The van der Waals surface area contributed by atoms with Crippen LogP contribution in [0.15, 0.2) is 48.8 Å². The third-order valence-electron chi connectivity index (χ3n) is 6.21. The minimum Gasteiger partial charge on any atom is -0.381 e. The molecule has 1 amide bonds. The lowest BCUT2D eigenvalue weighted by Gasteiger charge is -2.43. The van der Waals surface area contributed by atoms with E-state index in [1.807, 2.05) is 36.5 Å². The van der Waals surface area contributed by atoms with Crippen molar-refractivity contribution >= 4 is 17.5 Å². The van der Waals surface area contributed by atoms with Crippen molar-refractivity contribution in [1.82, 2.24) is 9.88 Å². The average molecular weight is 399 g/mol. The first kappa shape index (κ1) is 19.4. The van der Waals surface area contributed by atoms with Gasteiger partial charge in [-0.3, -0.25) is 9.78 Å². The van der Waals surface area contributed by atoms with Gasteiger partial charge in [-0.15, -0.1) is 0 Å². The highest BCUT2D eigenvalue weighted by atomic mass is 35.5. The molecule has 148 valence electrons. The molecule has 4 nitrogen and oxygen atoms in total. The Kier molecular flexibility index (Phi) is 5.98. The molecule has 0 saturated carbocycles. The van der Waals surface area contributed by atoms with Crippen molar-refractivity contribution in [1.29, 1.82) is 0 Å². The molecule has 2 fully saturated rings. The molecule has 0 aliphatic carbocycles. The van der Waals surface area contributed by atoms with Gasteiger partial charge in [-0.1, -0.05) is 29.8 Å². The Balaban J connectivity index is 1.53. The van der Waals surface area contributed by atoms with Gasteiger partial charge in [0, 0.05) is 43.7 Å². The minimum absolute atomic E-state index is 0.258. The molecule has 3 heterocycles. The van der Waals surface area contributed by atoms with E-state index in [1.165, 1.54) is 5.56 Å². The highest BCUT2D eigenvalue weighted by Crippen LogP contribution is 2.38. The summed E-state index contributed by atoms with van der Waals surface area (Å²) < 4.78 is 5.60. The summed E-state index contributed by atoms with van der Waals surface area (Å²) in [5, 5.41) is 0.702. The van der Waals surface area contributed by atoms with Crippen molar-refractivity contribution in [3.63, 3.8) is 0 Å². The van der Waals surface area contributed by atoms with Crippen LogP contribution >= 0.6 is 11.6 Å². The third kappa shape index (κ3) is 4.08. The fraction of sp³-hybridized carbons (Fsp3) is 0.478. The molecule has 1 atom stereocenters. The summed E-state index contributed by atoms with van der Waals surface area (Å²) in [5.41, 5.74) is 1.83. The number of carbonyl (C=O) groups is 1. The number of amides is 1.